The number of benzene rings is 1. The van der Waals surface area contributed by atoms with Crippen LogP contribution in [-0.2, 0) is 11.3 Å². The molecule has 40 heavy (non-hydrogen) atoms. The van der Waals surface area contributed by atoms with Gasteiger partial charge in [-0.3, -0.25) is 9.30 Å². The number of pyridine rings is 1. The van der Waals surface area contributed by atoms with Crippen LogP contribution in [-0.4, -0.2) is 76.0 Å². The molecule has 0 spiro atoms. The van der Waals surface area contributed by atoms with E-state index in [1.165, 1.54) is 6.21 Å². The number of ether oxygens (including phenoxy) is 2. The van der Waals surface area contributed by atoms with Crippen LogP contribution in [0.2, 0.25) is 0 Å². The molecule has 10 heteroatoms. The van der Waals surface area contributed by atoms with Crippen molar-refractivity contribution in [3.63, 3.8) is 0 Å². The summed E-state index contributed by atoms with van der Waals surface area (Å²) in [6.07, 6.45) is 8.50. The number of hydrogen-bond donors (Lipinski definition) is 3. The highest BCUT2D eigenvalue weighted by Crippen LogP contribution is 2.25. The largest absolute Gasteiger partial charge is 0.491 e. The van der Waals surface area contributed by atoms with E-state index in [-0.39, 0.29) is 5.54 Å². The summed E-state index contributed by atoms with van der Waals surface area (Å²) >= 11 is 0. The third kappa shape index (κ3) is 6.30. The minimum atomic E-state index is -0.0873. The second-order valence-corrected chi connectivity index (χ2v) is 10.3. The van der Waals surface area contributed by atoms with E-state index < -0.39 is 0 Å². The maximum absolute atomic E-state index is 7.59. The van der Waals surface area contributed by atoms with E-state index in [2.05, 4.69) is 44.3 Å². The van der Waals surface area contributed by atoms with Crippen molar-refractivity contribution in [2.24, 2.45) is 0 Å². The normalized spacial score (nSPS) is 14.7. The van der Waals surface area contributed by atoms with Crippen molar-refractivity contribution in [1.29, 1.82) is 5.41 Å². The summed E-state index contributed by atoms with van der Waals surface area (Å²) < 4.78 is 13.7. The van der Waals surface area contributed by atoms with Gasteiger partial charge in [-0.15, -0.1) is 0 Å². The topological polar surface area (TPSA) is 113 Å². The molecule has 4 heterocycles. The second kappa shape index (κ2) is 12.3. The number of imidazole rings is 1. The van der Waals surface area contributed by atoms with Crippen molar-refractivity contribution in [3.8, 4) is 17.1 Å². The number of fused-ring (bicyclic) bond motifs is 1. The van der Waals surface area contributed by atoms with Gasteiger partial charge in [-0.25, -0.2) is 15.0 Å². The van der Waals surface area contributed by atoms with Gasteiger partial charge in [-0.1, -0.05) is 24.3 Å². The molecule has 3 N–H and O–H groups in total. The van der Waals surface area contributed by atoms with Crippen LogP contribution in [0.4, 0.5) is 5.82 Å². The number of allylic oxidation sites excluding steroid dienone is 1. The lowest BCUT2D eigenvalue weighted by molar-refractivity contribution is -0.0250. The molecule has 0 saturated carbocycles. The van der Waals surface area contributed by atoms with E-state index in [0.29, 0.717) is 13.2 Å². The Morgan fingerprint density at radius 3 is 2.65 bits per heavy atom. The van der Waals surface area contributed by atoms with Crippen molar-refractivity contribution in [1.82, 2.24) is 29.6 Å². The summed E-state index contributed by atoms with van der Waals surface area (Å²) in [6.45, 7) is 8.97. The molecular weight excluding hydrogens is 504 g/mol. The van der Waals surface area contributed by atoms with Gasteiger partial charge >= 0.3 is 0 Å². The molecule has 1 aliphatic heterocycles. The third-order valence-electron chi connectivity index (χ3n) is 7.09. The molecule has 4 aromatic rings. The van der Waals surface area contributed by atoms with Crippen LogP contribution in [0.5, 0.6) is 5.75 Å². The van der Waals surface area contributed by atoms with Crippen LogP contribution in [0, 0.1) is 5.41 Å². The van der Waals surface area contributed by atoms with Gasteiger partial charge in [0.25, 0.3) is 0 Å². The average molecular weight is 541 g/mol. The molecule has 0 bridgehead atoms. The number of hydrogen-bond acceptors (Lipinski definition) is 9. The van der Waals surface area contributed by atoms with Crippen molar-refractivity contribution >= 4 is 23.3 Å². The smallest absolute Gasteiger partial charge is 0.140 e. The molecule has 0 radical (unpaired) electrons. The van der Waals surface area contributed by atoms with E-state index in [1.54, 1.807) is 6.33 Å². The number of aromatic nitrogens is 4. The quantitative estimate of drug-likeness (QED) is 0.244. The van der Waals surface area contributed by atoms with Gasteiger partial charge < -0.3 is 25.5 Å². The lowest BCUT2D eigenvalue weighted by Crippen LogP contribution is -2.53. The molecule has 0 amide bonds. The molecule has 1 saturated heterocycles. The average Bonchev–Trinajstić information content (AvgIpc) is 3.42. The summed E-state index contributed by atoms with van der Waals surface area (Å²) in [5, 5.41) is 13.9. The molecule has 1 aromatic carbocycles. The Kier molecular flexibility index (Phi) is 8.37. The number of nitrogens with zero attached hydrogens (tertiary/aromatic N) is 5. The van der Waals surface area contributed by atoms with Crippen molar-refractivity contribution in [2.45, 2.75) is 25.9 Å². The molecular formula is C30H36N8O2. The molecule has 0 unspecified atom stereocenters. The van der Waals surface area contributed by atoms with E-state index in [9.17, 15) is 0 Å². The van der Waals surface area contributed by atoms with E-state index in [0.717, 1.165) is 71.6 Å². The predicted molar refractivity (Wildman–Crippen MR) is 158 cm³/mol. The zero-order chi connectivity index (χ0) is 28.0. The van der Waals surface area contributed by atoms with Gasteiger partial charge in [0.2, 0.25) is 0 Å². The zero-order valence-corrected chi connectivity index (χ0v) is 23.2. The Balaban J connectivity index is 1.24. The maximum atomic E-state index is 7.59. The van der Waals surface area contributed by atoms with Crippen LogP contribution in [0.3, 0.4) is 0 Å². The van der Waals surface area contributed by atoms with Crippen LogP contribution in [0.25, 0.3) is 22.6 Å². The number of nitrogens with one attached hydrogen (secondary N) is 3. The minimum absolute atomic E-state index is 0.0873. The Morgan fingerprint density at radius 1 is 1.10 bits per heavy atom. The first kappa shape index (κ1) is 27.3. The predicted octanol–water partition coefficient (Wildman–Crippen LogP) is 4.10. The number of rotatable bonds is 11. The molecule has 10 nitrogen and oxygen atoms in total. The number of anilines is 1. The van der Waals surface area contributed by atoms with Gasteiger partial charge in [0.15, 0.2) is 0 Å². The molecule has 0 aliphatic carbocycles. The van der Waals surface area contributed by atoms with Crippen LogP contribution < -0.4 is 15.4 Å². The maximum Gasteiger partial charge on any atom is 0.140 e. The molecule has 5 rings (SSSR count). The molecule has 1 aliphatic rings. The lowest BCUT2D eigenvalue weighted by Gasteiger charge is -2.40. The summed E-state index contributed by atoms with van der Waals surface area (Å²) in [5.74, 6) is 1.51. The first-order valence-electron chi connectivity index (χ1n) is 13.4. The summed E-state index contributed by atoms with van der Waals surface area (Å²) in [5.41, 5.74) is 5.27. The standard InChI is InChI=1S/C30H36N8O2/c1-30(2,37-10-12-39-13-11-37)20-40-25-8-9-38-27(19-34-29(38)14-25)26-15-28(36-21-35-26)33-17-22-4-6-23(7-5-22)24(16-31)18-32-3/h4-9,14-16,18-19,21,31-32H,10-13,17,20H2,1-3H3,(H,33,35,36)/b24-18+,31-16?. The Hall–Kier alpha value is -4.28. The van der Waals surface area contributed by atoms with Crippen LogP contribution in [0.15, 0.2) is 67.4 Å². The second-order valence-electron chi connectivity index (χ2n) is 10.3. The van der Waals surface area contributed by atoms with Gasteiger partial charge in [0, 0.05) is 68.5 Å². The summed E-state index contributed by atoms with van der Waals surface area (Å²) in [4.78, 5) is 15.9. The van der Waals surface area contributed by atoms with E-state index >= 15 is 0 Å². The monoisotopic (exact) mass is 540 g/mol. The highest BCUT2D eigenvalue weighted by atomic mass is 16.5. The van der Waals surface area contributed by atoms with Gasteiger partial charge in [-0.2, -0.15) is 0 Å². The van der Waals surface area contributed by atoms with Crippen molar-refractivity contribution in [2.75, 3.05) is 45.3 Å². The summed E-state index contributed by atoms with van der Waals surface area (Å²) in [7, 11) is 1.83. The fraction of sp³-hybridized carbons (Fsp3) is 0.333. The Bertz CT molecular complexity index is 1470. The zero-order valence-electron chi connectivity index (χ0n) is 23.2. The fourth-order valence-electron chi connectivity index (χ4n) is 4.73. The summed E-state index contributed by atoms with van der Waals surface area (Å²) in [6, 6.07) is 14.0. The van der Waals surface area contributed by atoms with Gasteiger partial charge in [-0.05, 0) is 31.0 Å². The molecule has 3 aromatic heterocycles. The first-order chi connectivity index (χ1) is 19.5. The van der Waals surface area contributed by atoms with Crippen LogP contribution in [0.1, 0.15) is 25.0 Å². The van der Waals surface area contributed by atoms with Crippen molar-refractivity contribution in [3.05, 3.63) is 78.5 Å². The Labute approximate surface area is 234 Å². The van der Waals surface area contributed by atoms with Crippen LogP contribution >= 0.6 is 0 Å². The third-order valence-corrected chi connectivity index (χ3v) is 7.09. The Morgan fingerprint density at radius 2 is 1.90 bits per heavy atom. The highest BCUT2D eigenvalue weighted by Gasteiger charge is 2.29. The van der Waals surface area contributed by atoms with Gasteiger partial charge in [0.05, 0.1) is 30.8 Å². The highest BCUT2D eigenvalue weighted by molar-refractivity contribution is 6.08. The van der Waals surface area contributed by atoms with E-state index in [4.69, 9.17) is 14.9 Å². The lowest BCUT2D eigenvalue weighted by atomic mass is 10.0. The molecule has 0 atom stereocenters. The minimum Gasteiger partial charge on any atom is -0.491 e. The molecule has 208 valence electrons. The van der Waals surface area contributed by atoms with E-state index in [1.807, 2.05) is 72.5 Å². The first-order valence-corrected chi connectivity index (χ1v) is 13.4. The molecule has 1 fully saturated rings. The number of morpholine rings is 1. The fourth-order valence-corrected chi connectivity index (χ4v) is 4.73. The SMILES string of the molecule is CN/C=C(\C=N)c1ccc(CNc2cc(-c3cnc4cc(OCC(C)(C)N5CCOCC5)ccn34)ncn2)cc1. The van der Waals surface area contributed by atoms with Crippen molar-refractivity contribution < 1.29 is 9.47 Å². The van der Waals surface area contributed by atoms with Gasteiger partial charge in [0.1, 0.15) is 30.1 Å².